The highest BCUT2D eigenvalue weighted by molar-refractivity contribution is 6.57. The van der Waals surface area contributed by atoms with Crippen molar-refractivity contribution in [3.63, 3.8) is 0 Å². The Labute approximate surface area is 94.0 Å². The van der Waals surface area contributed by atoms with Gasteiger partial charge in [0.15, 0.2) is 5.69 Å². The van der Waals surface area contributed by atoms with E-state index in [0.29, 0.717) is 0 Å². The number of aromatic nitrogens is 2. The Morgan fingerprint density at radius 3 is 2.44 bits per heavy atom. The minimum Gasteiger partial charge on any atom is -0.455 e. The lowest BCUT2D eigenvalue weighted by Crippen LogP contribution is -2.35. The van der Waals surface area contributed by atoms with Crippen LogP contribution in [0.15, 0.2) is 6.07 Å². The minimum atomic E-state index is -1.66. The van der Waals surface area contributed by atoms with E-state index in [4.69, 9.17) is 14.8 Å². The van der Waals surface area contributed by atoms with Crippen molar-refractivity contribution in [3.8, 4) is 0 Å². The number of hydrogen-bond acceptors (Lipinski definition) is 5. The fraction of sp³-hybridized carbons (Fsp3) is 0.556. The van der Waals surface area contributed by atoms with Gasteiger partial charge in [-0.05, 0) is 26.8 Å². The summed E-state index contributed by atoms with van der Waals surface area (Å²) < 4.78 is 6.32. The zero-order chi connectivity index (χ0) is 12.5. The zero-order valence-corrected chi connectivity index (χ0v) is 9.76. The van der Waals surface area contributed by atoms with Crippen LogP contribution in [-0.4, -0.2) is 38.5 Å². The lowest BCUT2D eigenvalue weighted by molar-refractivity contribution is 0.00620. The summed E-state index contributed by atoms with van der Waals surface area (Å²) in [5, 5.41) is 21.8. The van der Waals surface area contributed by atoms with Crippen LogP contribution in [0.5, 0.6) is 0 Å². The van der Waals surface area contributed by atoms with Crippen molar-refractivity contribution in [2.45, 2.75) is 26.4 Å². The molecule has 0 unspecified atom stereocenters. The van der Waals surface area contributed by atoms with Gasteiger partial charge in [-0.1, -0.05) is 0 Å². The summed E-state index contributed by atoms with van der Waals surface area (Å²) in [4.78, 5) is 11.6. The third kappa shape index (κ3) is 3.08. The first-order chi connectivity index (χ1) is 7.20. The summed E-state index contributed by atoms with van der Waals surface area (Å²) >= 11 is 0. The number of nitrogens with zero attached hydrogens (tertiary/aromatic N) is 2. The minimum absolute atomic E-state index is 0.0560. The lowest BCUT2D eigenvalue weighted by atomic mass is 9.86. The highest BCUT2D eigenvalue weighted by atomic mass is 16.6. The smallest absolute Gasteiger partial charge is 0.455 e. The molecule has 0 bridgehead atoms. The molecular formula is C9H15BN2O4. The molecule has 0 spiro atoms. The number of aryl methyl sites for hydroxylation is 1. The highest BCUT2D eigenvalue weighted by Gasteiger charge is 2.24. The molecule has 16 heavy (non-hydrogen) atoms. The molecule has 0 aromatic carbocycles. The quantitative estimate of drug-likeness (QED) is 0.502. The Balaban J connectivity index is 2.90. The average Bonchev–Trinajstić information content (AvgIpc) is 2.44. The van der Waals surface area contributed by atoms with Crippen molar-refractivity contribution in [1.82, 2.24) is 9.78 Å². The molecule has 6 nitrogen and oxygen atoms in total. The monoisotopic (exact) mass is 226 g/mol. The first kappa shape index (κ1) is 12.7. The van der Waals surface area contributed by atoms with E-state index in [0.717, 1.165) is 0 Å². The maximum Gasteiger partial charge on any atom is 0.507 e. The first-order valence-corrected chi connectivity index (χ1v) is 4.84. The van der Waals surface area contributed by atoms with E-state index in [1.54, 1.807) is 20.8 Å². The van der Waals surface area contributed by atoms with Crippen LogP contribution in [0.4, 0.5) is 0 Å². The number of esters is 1. The van der Waals surface area contributed by atoms with E-state index < -0.39 is 18.7 Å². The van der Waals surface area contributed by atoms with Gasteiger partial charge >= 0.3 is 13.1 Å². The molecule has 0 fully saturated rings. The van der Waals surface area contributed by atoms with Crippen molar-refractivity contribution >= 4 is 18.7 Å². The van der Waals surface area contributed by atoms with Crippen LogP contribution in [0.1, 0.15) is 31.3 Å². The van der Waals surface area contributed by atoms with Crippen molar-refractivity contribution in [3.05, 3.63) is 11.8 Å². The van der Waals surface area contributed by atoms with E-state index in [1.165, 1.54) is 17.8 Å². The molecular weight excluding hydrogens is 211 g/mol. The standard InChI is InChI=1S/C9H15BN2O4/c1-9(2,3)16-8(13)6-5-7(10(14)15)12(4)11-6/h5,14-15H,1-4H3. The van der Waals surface area contributed by atoms with Gasteiger partial charge in [-0.15, -0.1) is 0 Å². The summed E-state index contributed by atoms with van der Waals surface area (Å²) in [5.41, 5.74) is -0.409. The van der Waals surface area contributed by atoms with Gasteiger partial charge in [-0.25, -0.2) is 4.79 Å². The number of carbonyl (C=O) groups is 1. The van der Waals surface area contributed by atoms with Gasteiger partial charge in [0.25, 0.3) is 0 Å². The molecule has 0 amide bonds. The van der Waals surface area contributed by atoms with Gasteiger partial charge in [0.2, 0.25) is 0 Å². The van der Waals surface area contributed by atoms with E-state index in [9.17, 15) is 4.79 Å². The molecule has 0 saturated heterocycles. The molecule has 0 radical (unpaired) electrons. The van der Waals surface area contributed by atoms with Gasteiger partial charge < -0.3 is 14.8 Å². The predicted octanol–water partition coefficient (Wildman–Crippen LogP) is -0.945. The number of rotatable bonds is 2. The van der Waals surface area contributed by atoms with E-state index in [1.807, 2.05) is 0 Å². The largest absolute Gasteiger partial charge is 0.507 e. The third-order valence-electron chi connectivity index (χ3n) is 1.79. The summed E-state index contributed by atoms with van der Waals surface area (Å²) in [6, 6.07) is 1.29. The predicted molar refractivity (Wildman–Crippen MR) is 58.2 cm³/mol. The average molecular weight is 226 g/mol. The second kappa shape index (κ2) is 4.27. The second-order valence-electron chi connectivity index (χ2n) is 4.45. The van der Waals surface area contributed by atoms with Crippen molar-refractivity contribution < 1.29 is 19.6 Å². The van der Waals surface area contributed by atoms with Crippen molar-refractivity contribution in [2.75, 3.05) is 0 Å². The van der Waals surface area contributed by atoms with Gasteiger partial charge in [0, 0.05) is 7.05 Å². The van der Waals surface area contributed by atoms with E-state index in [-0.39, 0.29) is 11.3 Å². The molecule has 0 aliphatic rings. The van der Waals surface area contributed by atoms with Gasteiger partial charge in [-0.2, -0.15) is 5.10 Å². The number of carbonyl (C=O) groups excluding carboxylic acids is 1. The molecule has 0 aliphatic carbocycles. The number of hydrogen-bond donors (Lipinski definition) is 2. The molecule has 7 heteroatoms. The topological polar surface area (TPSA) is 84.6 Å². The SMILES string of the molecule is Cn1nc(C(=O)OC(C)(C)C)cc1B(O)O. The van der Waals surface area contributed by atoms with Crippen molar-refractivity contribution in [1.29, 1.82) is 0 Å². The van der Waals surface area contributed by atoms with E-state index in [2.05, 4.69) is 5.10 Å². The maximum absolute atomic E-state index is 11.6. The normalized spacial score (nSPS) is 11.4. The Hall–Kier alpha value is -1.34. The van der Waals surface area contributed by atoms with Gasteiger partial charge in [0.1, 0.15) is 5.60 Å². The van der Waals surface area contributed by atoms with Crippen LogP contribution < -0.4 is 5.59 Å². The van der Waals surface area contributed by atoms with E-state index >= 15 is 0 Å². The Kier molecular flexibility index (Phi) is 3.40. The first-order valence-electron chi connectivity index (χ1n) is 4.84. The Morgan fingerprint density at radius 1 is 1.50 bits per heavy atom. The molecule has 88 valence electrons. The fourth-order valence-corrected chi connectivity index (χ4v) is 1.15. The van der Waals surface area contributed by atoms with Gasteiger partial charge in [0.05, 0.1) is 5.59 Å². The molecule has 1 heterocycles. The summed E-state index contributed by atoms with van der Waals surface area (Å²) in [6.07, 6.45) is 0. The molecule has 0 saturated carbocycles. The van der Waals surface area contributed by atoms with Gasteiger partial charge in [-0.3, -0.25) is 4.68 Å². The molecule has 2 N–H and O–H groups in total. The fourth-order valence-electron chi connectivity index (χ4n) is 1.15. The van der Waals surface area contributed by atoms with Crippen LogP contribution in [0, 0.1) is 0 Å². The van der Waals surface area contributed by atoms with Crippen LogP contribution >= 0.6 is 0 Å². The number of ether oxygens (including phenoxy) is 1. The second-order valence-corrected chi connectivity index (χ2v) is 4.45. The Morgan fingerprint density at radius 2 is 2.06 bits per heavy atom. The van der Waals surface area contributed by atoms with Crippen LogP contribution in [-0.2, 0) is 11.8 Å². The summed E-state index contributed by atoms with van der Waals surface area (Å²) in [7, 11) is -0.142. The summed E-state index contributed by atoms with van der Waals surface area (Å²) in [5.74, 6) is -0.588. The summed E-state index contributed by atoms with van der Waals surface area (Å²) in [6.45, 7) is 5.24. The van der Waals surface area contributed by atoms with Crippen LogP contribution in [0.2, 0.25) is 0 Å². The molecule has 0 aliphatic heterocycles. The highest BCUT2D eigenvalue weighted by Crippen LogP contribution is 2.10. The third-order valence-corrected chi connectivity index (χ3v) is 1.79. The molecule has 1 aromatic heterocycles. The Bertz CT molecular complexity index is 395. The van der Waals surface area contributed by atoms with Crippen molar-refractivity contribution in [2.24, 2.45) is 7.05 Å². The lowest BCUT2D eigenvalue weighted by Gasteiger charge is -2.18. The zero-order valence-electron chi connectivity index (χ0n) is 9.76. The van der Waals surface area contributed by atoms with Crippen LogP contribution in [0.25, 0.3) is 0 Å². The molecule has 1 rings (SSSR count). The van der Waals surface area contributed by atoms with Crippen LogP contribution in [0.3, 0.4) is 0 Å². The molecule has 0 atom stereocenters. The molecule has 1 aromatic rings. The maximum atomic E-state index is 11.6.